The predicted octanol–water partition coefficient (Wildman–Crippen LogP) is 0.682. The zero-order valence-corrected chi connectivity index (χ0v) is 11.0. The summed E-state index contributed by atoms with van der Waals surface area (Å²) in [5.74, 6) is 0.242. The summed E-state index contributed by atoms with van der Waals surface area (Å²) < 4.78 is 25.5. The van der Waals surface area contributed by atoms with E-state index in [0.717, 1.165) is 17.7 Å². The molecule has 0 bridgehead atoms. The molecule has 1 aromatic heterocycles. The summed E-state index contributed by atoms with van der Waals surface area (Å²) in [5, 5.41) is 2.80. The van der Waals surface area contributed by atoms with Crippen molar-refractivity contribution in [3.63, 3.8) is 0 Å². The number of hydrogen-bond donors (Lipinski definition) is 2. The first-order chi connectivity index (χ1) is 8.03. The molecule has 0 saturated heterocycles. The molecule has 5 nitrogen and oxygen atoms in total. The van der Waals surface area contributed by atoms with Gasteiger partial charge in [-0.05, 0) is 32.0 Å². The number of sulfonamides is 1. The van der Waals surface area contributed by atoms with E-state index in [-0.39, 0.29) is 16.0 Å². The quantitative estimate of drug-likeness (QED) is 0.829. The van der Waals surface area contributed by atoms with Crippen LogP contribution in [0.1, 0.15) is 17.7 Å². The predicted molar refractivity (Wildman–Crippen MR) is 65.1 cm³/mol. The van der Waals surface area contributed by atoms with Crippen LogP contribution in [0.3, 0.4) is 0 Å². The second-order valence-electron chi connectivity index (χ2n) is 3.92. The van der Waals surface area contributed by atoms with Gasteiger partial charge in [0.15, 0.2) is 0 Å². The largest absolute Gasteiger partial charge is 0.351 e. The smallest absolute Gasteiger partial charge is 0.249 e. The van der Waals surface area contributed by atoms with Crippen LogP contribution in [0.2, 0.25) is 0 Å². The fourth-order valence-electron chi connectivity index (χ4n) is 1.36. The molecule has 1 aromatic rings. The van der Waals surface area contributed by atoms with E-state index in [4.69, 9.17) is 0 Å². The van der Waals surface area contributed by atoms with Crippen molar-refractivity contribution in [1.82, 2.24) is 10.0 Å². The minimum Gasteiger partial charge on any atom is -0.351 e. The Morgan fingerprint density at radius 1 is 1.47 bits per heavy atom. The first-order valence-corrected chi connectivity index (χ1v) is 7.63. The van der Waals surface area contributed by atoms with Gasteiger partial charge >= 0.3 is 0 Å². The lowest BCUT2D eigenvalue weighted by atomic mass is 10.4. The van der Waals surface area contributed by atoms with Crippen LogP contribution >= 0.6 is 11.3 Å². The summed E-state index contributed by atoms with van der Waals surface area (Å²) in [5.41, 5.74) is 0. The molecule has 0 aliphatic heterocycles. The van der Waals surface area contributed by atoms with Gasteiger partial charge in [0.2, 0.25) is 15.9 Å². The van der Waals surface area contributed by atoms with Crippen molar-refractivity contribution in [2.75, 3.05) is 7.05 Å². The lowest BCUT2D eigenvalue weighted by molar-refractivity contribution is -0.122. The SMILES string of the molecule is CNS(=O)(=O)c1ccc(CNC(=O)C2CC2)s1. The highest BCUT2D eigenvalue weighted by Crippen LogP contribution is 2.29. The van der Waals surface area contributed by atoms with Crippen molar-refractivity contribution in [1.29, 1.82) is 0 Å². The number of thiophene rings is 1. The third kappa shape index (κ3) is 3.05. The van der Waals surface area contributed by atoms with Gasteiger partial charge in [-0.2, -0.15) is 0 Å². The first kappa shape index (κ1) is 12.5. The molecular weight excluding hydrogens is 260 g/mol. The Balaban J connectivity index is 1.96. The highest BCUT2D eigenvalue weighted by atomic mass is 32.2. The Labute approximate surface area is 104 Å². The first-order valence-electron chi connectivity index (χ1n) is 5.33. The second-order valence-corrected chi connectivity index (χ2v) is 7.20. The van der Waals surface area contributed by atoms with Gasteiger partial charge in [-0.25, -0.2) is 13.1 Å². The van der Waals surface area contributed by atoms with E-state index in [1.165, 1.54) is 18.4 Å². The molecule has 0 atom stereocenters. The molecule has 2 N–H and O–H groups in total. The summed E-state index contributed by atoms with van der Waals surface area (Å²) in [6.07, 6.45) is 1.94. The highest BCUT2D eigenvalue weighted by Gasteiger charge is 2.29. The van der Waals surface area contributed by atoms with Crippen LogP contribution in [0.4, 0.5) is 0 Å². The van der Waals surface area contributed by atoms with E-state index in [1.807, 2.05) is 0 Å². The maximum atomic E-state index is 11.5. The lowest BCUT2D eigenvalue weighted by Crippen LogP contribution is -2.23. The van der Waals surface area contributed by atoms with E-state index in [1.54, 1.807) is 12.1 Å². The number of nitrogens with one attached hydrogen (secondary N) is 2. The van der Waals surface area contributed by atoms with Crippen molar-refractivity contribution >= 4 is 27.3 Å². The molecule has 1 heterocycles. The minimum absolute atomic E-state index is 0.0661. The van der Waals surface area contributed by atoms with Crippen LogP contribution in [0.5, 0.6) is 0 Å². The summed E-state index contributed by atoms with van der Waals surface area (Å²) in [6, 6.07) is 3.27. The minimum atomic E-state index is -3.36. The van der Waals surface area contributed by atoms with Gasteiger partial charge in [0, 0.05) is 10.8 Å². The standard InChI is InChI=1S/C10H14N2O3S2/c1-11-17(14,15)9-5-4-8(16-9)6-12-10(13)7-2-3-7/h4-5,7,11H,2-3,6H2,1H3,(H,12,13). The molecule has 94 valence electrons. The fraction of sp³-hybridized carbons (Fsp3) is 0.500. The number of rotatable bonds is 5. The maximum absolute atomic E-state index is 11.5. The molecular formula is C10H14N2O3S2. The average molecular weight is 274 g/mol. The normalized spacial score (nSPS) is 15.8. The fourth-order valence-corrected chi connectivity index (χ4v) is 3.50. The van der Waals surface area contributed by atoms with Crippen LogP contribution in [0.15, 0.2) is 16.3 Å². The maximum Gasteiger partial charge on any atom is 0.249 e. The van der Waals surface area contributed by atoms with Crippen molar-refractivity contribution in [3.05, 3.63) is 17.0 Å². The van der Waals surface area contributed by atoms with E-state index in [9.17, 15) is 13.2 Å². The van der Waals surface area contributed by atoms with Gasteiger partial charge in [-0.3, -0.25) is 4.79 Å². The molecule has 7 heteroatoms. The summed E-state index contributed by atoms with van der Waals surface area (Å²) in [6.45, 7) is 0.402. The average Bonchev–Trinajstić information content (AvgIpc) is 3.04. The van der Waals surface area contributed by atoms with Gasteiger partial charge in [0.05, 0.1) is 6.54 Å². The Morgan fingerprint density at radius 2 is 2.18 bits per heavy atom. The van der Waals surface area contributed by atoms with E-state index in [0.29, 0.717) is 6.54 Å². The van der Waals surface area contributed by atoms with E-state index < -0.39 is 10.0 Å². The molecule has 17 heavy (non-hydrogen) atoms. The molecule has 0 unspecified atom stereocenters. The topological polar surface area (TPSA) is 75.3 Å². The highest BCUT2D eigenvalue weighted by molar-refractivity contribution is 7.91. The van der Waals surface area contributed by atoms with Crippen LogP contribution in [-0.2, 0) is 21.4 Å². The third-order valence-electron chi connectivity index (χ3n) is 2.56. The van der Waals surface area contributed by atoms with E-state index >= 15 is 0 Å². The molecule has 1 aliphatic carbocycles. The Hall–Kier alpha value is -0.920. The van der Waals surface area contributed by atoms with Gasteiger partial charge in [-0.1, -0.05) is 0 Å². The van der Waals surface area contributed by atoms with Crippen molar-refractivity contribution < 1.29 is 13.2 Å². The Bertz CT molecular complexity index is 517. The third-order valence-corrected chi connectivity index (χ3v) is 5.55. The van der Waals surface area contributed by atoms with Crippen molar-refractivity contribution in [3.8, 4) is 0 Å². The van der Waals surface area contributed by atoms with Crippen molar-refractivity contribution in [2.45, 2.75) is 23.6 Å². The monoisotopic (exact) mass is 274 g/mol. The summed E-state index contributed by atoms with van der Waals surface area (Å²) >= 11 is 1.17. The number of carbonyl (C=O) groups is 1. The molecule has 1 amide bonds. The van der Waals surface area contributed by atoms with Gasteiger partial charge in [-0.15, -0.1) is 11.3 Å². The second kappa shape index (κ2) is 4.75. The van der Waals surface area contributed by atoms with Crippen LogP contribution in [0, 0.1) is 5.92 Å². The summed E-state index contributed by atoms with van der Waals surface area (Å²) in [7, 11) is -1.99. The molecule has 2 rings (SSSR count). The number of hydrogen-bond acceptors (Lipinski definition) is 4. The summed E-state index contributed by atoms with van der Waals surface area (Å²) in [4.78, 5) is 12.2. The Kier molecular flexibility index (Phi) is 3.50. The molecule has 1 saturated carbocycles. The number of carbonyl (C=O) groups excluding carboxylic acids is 1. The van der Waals surface area contributed by atoms with Gasteiger partial charge in [0.1, 0.15) is 4.21 Å². The molecule has 1 aliphatic rings. The van der Waals surface area contributed by atoms with Gasteiger partial charge in [0.25, 0.3) is 0 Å². The zero-order chi connectivity index (χ0) is 12.5. The van der Waals surface area contributed by atoms with E-state index in [2.05, 4.69) is 10.0 Å². The molecule has 1 fully saturated rings. The molecule has 0 spiro atoms. The Morgan fingerprint density at radius 3 is 2.76 bits per heavy atom. The number of amides is 1. The van der Waals surface area contributed by atoms with Crippen molar-refractivity contribution in [2.24, 2.45) is 5.92 Å². The zero-order valence-electron chi connectivity index (χ0n) is 9.39. The van der Waals surface area contributed by atoms with Crippen LogP contribution < -0.4 is 10.0 Å². The molecule has 0 aromatic carbocycles. The molecule has 0 radical (unpaired) electrons. The lowest BCUT2D eigenvalue weighted by Gasteiger charge is -2.01. The van der Waals surface area contributed by atoms with Gasteiger partial charge < -0.3 is 5.32 Å². The van der Waals surface area contributed by atoms with Crippen LogP contribution in [-0.4, -0.2) is 21.4 Å². The van der Waals surface area contributed by atoms with Crippen LogP contribution in [0.25, 0.3) is 0 Å².